The average Bonchev–Trinajstić information content (AvgIpc) is 1.99. The number of hydrogen-bond acceptors (Lipinski definition) is 3. The highest BCUT2D eigenvalue weighted by atomic mass is 32.2. The molecule has 0 aromatic rings. The summed E-state index contributed by atoms with van der Waals surface area (Å²) in [5.41, 5.74) is 5.24. The normalized spacial score (nSPS) is 13.3. The second-order valence-electron chi connectivity index (χ2n) is 2.19. The van der Waals surface area contributed by atoms with Crippen LogP contribution in [0.1, 0.15) is 13.3 Å². The van der Waals surface area contributed by atoms with Crippen molar-refractivity contribution in [2.45, 2.75) is 13.3 Å². The van der Waals surface area contributed by atoms with Crippen molar-refractivity contribution >= 4 is 10.8 Å². The molecule has 1 atom stereocenters. The minimum absolute atomic E-state index is 0.515. The standard InChI is InChI=1S/C7H17NO2S/c1-2-10-5-3-6-11(9)7-4-8/h2-8H2,1H3. The Labute approximate surface area is 70.8 Å². The highest BCUT2D eigenvalue weighted by Gasteiger charge is 1.96. The lowest BCUT2D eigenvalue weighted by molar-refractivity contribution is 0.149. The van der Waals surface area contributed by atoms with Gasteiger partial charge in [-0.05, 0) is 13.3 Å². The summed E-state index contributed by atoms with van der Waals surface area (Å²) in [5.74, 6) is 1.34. The van der Waals surface area contributed by atoms with Crippen LogP contribution in [0.3, 0.4) is 0 Å². The number of rotatable bonds is 7. The molecule has 68 valence electrons. The van der Waals surface area contributed by atoms with Crippen molar-refractivity contribution in [3.05, 3.63) is 0 Å². The van der Waals surface area contributed by atoms with Crippen LogP contribution in [0.2, 0.25) is 0 Å². The zero-order chi connectivity index (χ0) is 8.53. The Balaban J connectivity index is 3.04. The van der Waals surface area contributed by atoms with Gasteiger partial charge in [0, 0.05) is 42.1 Å². The van der Waals surface area contributed by atoms with E-state index in [-0.39, 0.29) is 0 Å². The summed E-state index contributed by atoms with van der Waals surface area (Å²) in [6.45, 7) is 3.93. The monoisotopic (exact) mass is 179 g/mol. The maximum Gasteiger partial charge on any atom is 0.0474 e. The Kier molecular flexibility index (Phi) is 8.22. The molecular formula is C7H17NO2S. The Hall–Kier alpha value is 0.0700. The van der Waals surface area contributed by atoms with Gasteiger partial charge in [0.15, 0.2) is 0 Å². The average molecular weight is 179 g/mol. The summed E-state index contributed by atoms with van der Waals surface area (Å²) >= 11 is 0. The Bertz CT molecular complexity index is 109. The van der Waals surface area contributed by atoms with Crippen molar-refractivity contribution < 1.29 is 8.95 Å². The minimum Gasteiger partial charge on any atom is -0.382 e. The summed E-state index contributed by atoms with van der Waals surface area (Å²) in [5, 5.41) is 0. The molecule has 2 N–H and O–H groups in total. The summed E-state index contributed by atoms with van der Waals surface area (Å²) < 4.78 is 16.1. The summed E-state index contributed by atoms with van der Waals surface area (Å²) in [7, 11) is -0.729. The van der Waals surface area contributed by atoms with E-state index in [9.17, 15) is 4.21 Å². The van der Waals surface area contributed by atoms with E-state index in [4.69, 9.17) is 10.5 Å². The van der Waals surface area contributed by atoms with Crippen LogP contribution in [0.5, 0.6) is 0 Å². The third-order valence-electron chi connectivity index (χ3n) is 1.21. The zero-order valence-corrected chi connectivity index (χ0v) is 7.86. The fourth-order valence-electron chi connectivity index (χ4n) is 0.700. The van der Waals surface area contributed by atoms with Crippen molar-refractivity contribution in [1.29, 1.82) is 0 Å². The topological polar surface area (TPSA) is 52.3 Å². The summed E-state index contributed by atoms with van der Waals surface area (Å²) in [6.07, 6.45) is 0.875. The first kappa shape index (κ1) is 11.1. The highest BCUT2D eigenvalue weighted by molar-refractivity contribution is 7.84. The van der Waals surface area contributed by atoms with Crippen LogP contribution in [0.25, 0.3) is 0 Å². The van der Waals surface area contributed by atoms with Crippen molar-refractivity contribution in [1.82, 2.24) is 0 Å². The van der Waals surface area contributed by atoms with Gasteiger partial charge in [0.1, 0.15) is 0 Å². The van der Waals surface area contributed by atoms with E-state index in [1.165, 1.54) is 0 Å². The van der Waals surface area contributed by atoms with Crippen LogP contribution in [0, 0.1) is 0 Å². The molecule has 0 spiro atoms. The molecule has 0 aliphatic rings. The van der Waals surface area contributed by atoms with E-state index in [1.54, 1.807) is 0 Å². The summed E-state index contributed by atoms with van der Waals surface area (Å²) in [4.78, 5) is 0. The number of hydrogen-bond donors (Lipinski definition) is 1. The Morgan fingerprint density at radius 3 is 2.73 bits per heavy atom. The van der Waals surface area contributed by atoms with Gasteiger partial charge >= 0.3 is 0 Å². The predicted molar refractivity (Wildman–Crippen MR) is 48.0 cm³/mol. The van der Waals surface area contributed by atoms with E-state index in [0.717, 1.165) is 18.8 Å². The number of ether oxygens (including phenoxy) is 1. The lowest BCUT2D eigenvalue weighted by atomic mass is 10.5. The van der Waals surface area contributed by atoms with Crippen molar-refractivity contribution in [3.63, 3.8) is 0 Å². The van der Waals surface area contributed by atoms with Crippen LogP contribution in [0.4, 0.5) is 0 Å². The van der Waals surface area contributed by atoms with Gasteiger partial charge in [-0.2, -0.15) is 0 Å². The molecule has 0 aliphatic heterocycles. The molecule has 0 radical (unpaired) electrons. The van der Waals surface area contributed by atoms with E-state index in [2.05, 4.69) is 0 Å². The first-order chi connectivity index (χ1) is 5.31. The van der Waals surface area contributed by atoms with E-state index >= 15 is 0 Å². The lowest BCUT2D eigenvalue weighted by Crippen LogP contribution is -2.13. The minimum atomic E-state index is -0.729. The molecule has 4 heteroatoms. The van der Waals surface area contributed by atoms with Crippen LogP contribution < -0.4 is 5.73 Å². The SMILES string of the molecule is CCOCCCS(=O)CCN. The first-order valence-corrected chi connectivity index (χ1v) is 5.42. The molecule has 3 nitrogen and oxygen atoms in total. The molecule has 0 amide bonds. The van der Waals surface area contributed by atoms with E-state index in [0.29, 0.717) is 18.9 Å². The fraction of sp³-hybridized carbons (Fsp3) is 1.00. The van der Waals surface area contributed by atoms with Crippen LogP contribution in [-0.4, -0.2) is 35.5 Å². The van der Waals surface area contributed by atoms with Crippen molar-refractivity contribution in [2.75, 3.05) is 31.3 Å². The van der Waals surface area contributed by atoms with Gasteiger partial charge in [-0.1, -0.05) is 0 Å². The molecule has 0 saturated carbocycles. The molecular weight excluding hydrogens is 162 g/mol. The lowest BCUT2D eigenvalue weighted by Gasteiger charge is -2.00. The molecule has 0 fully saturated rings. The summed E-state index contributed by atoms with van der Waals surface area (Å²) in [6, 6.07) is 0. The van der Waals surface area contributed by atoms with Gasteiger partial charge in [-0.15, -0.1) is 0 Å². The van der Waals surface area contributed by atoms with Gasteiger partial charge in [0.2, 0.25) is 0 Å². The quantitative estimate of drug-likeness (QED) is 0.565. The molecule has 0 aromatic carbocycles. The molecule has 11 heavy (non-hydrogen) atoms. The van der Waals surface area contributed by atoms with E-state index < -0.39 is 10.8 Å². The molecule has 0 bridgehead atoms. The van der Waals surface area contributed by atoms with Crippen LogP contribution in [0.15, 0.2) is 0 Å². The van der Waals surface area contributed by atoms with E-state index in [1.807, 2.05) is 6.92 Å². The largest absolute Gasteiger partial charge is 0.382 e. The van der Waals surface area contributed by atoms with Crippen molar-refractivity contribution in [3.8, 4) is 0 Å². The fourth-order valence-corrected chi connectivity index (χ4v) is 1.61. The van der Waals surface area contributed by atoms with Crippen LogP contribution in [-0.2, 0) is 15.5 Å². The van der Waals surface area contributed by atoms with Gasteiger partial charge < -0.3 is 10.5 Å². The molecule has 0 aromatic heterocycles. The zero-order valence-electron chi connectivity index (χ0n) is 7.04. The second kappa shape index (κ2) is 8.17. The van der Waals surface area contributed by atoms with Gasteiger partial charge in [-0.3, -0.25) is 4.21 Å². The number of nitrogens with two attached hydrogens (primary N) is 1. The maximum atomic E-state index is 11.0. The highest BCUT2D eigenvalue weighted by Crippen LogP contribution is 1.88. The smallest absolute Gasteiger partial charge is 0.0474 e. The maximum absolute atomic E-state index is 11.0. The Morgan fingerprint density at radius 1 is 1.45 bits per heavy atom. The Morgan fingerprint density at radius 2 is 2.18 bits per heavy atom. The molecule has 0 rings (SSSR count). The molecule has 0 aliphatic carbocycles. The van der Waals surface area contributed by atoms with Crippen molar-refractivity contribution in [2.24, 2.45) is 5.73 Å². The van der Waals surface area contributed by atoms with Crippen LogP contribution >= 0.6 is 0 Å². The first-order valence-electron chi connectivity index (χ1n) is 3.94. The van der Waals surface area contributed by atoms with Gasteiger partial charge in [0.25, 0.3) is 0 Å². The molecule has 0 saturated heterocycles. The second-order valence-corrected chi connectivity index (χ2v) is 3.88. The molecule has 1 unspecified atom stereocenters. The third-order valence-corrected chi connectivity index (χ3v) is 2.65. The van der Waals surface area contributed by atoms with Gasteiger partial charge in [-0.25, -0.2) is 0 Å². The predicted octanol–water partition coefficient (Wildman–Crippen LogP) is 0.120. The van der Waals surface area contributed by atoms with Gasteiger partial charge in [0.05, 0.1) is 0 Å². The third kappa shape index (κ3) is 7.97. The molecule has 0 heterocycles.